The van der Waals surface area contributed by atoms with Gasteiger partial charge in [-0.25, -0.2) is 10.4 Å². The van der Waals surface area contributed by atoms with Crippen LogP contribution in [0.5, 0.6) is 11.5 Å². The summed E-state index contributed by atoms with van der Waals surface area (Å²) in [6.07, 6.45) is 3.17. The third-order valence-electron chi connectivity index (χ3n) is 5.00. The van der Waals surface area contributed by atoms with Crippen LogP contribution in [0.15, 0.2) is 76.9 Å². The molecule has 2 heterocycles. The molecule has 0 fully saturated rings. The average molecular weight is 479 g/mol. The molecule has 174 valence electrons. The quantitative estimate of drug-likeness (QED) is 0.247. The number of methoxy groups -OCH3 is 1. The highest BCUT2D eigenvalue weighted by atomic mass is 32.2. The highest BCUT2D eigenvalue weighted by Crippen LogP contribution is 2.30. The molecule has 0 unspecified atom stereocenters. The zero-order valence-electron chi connectivity index (χ0n) is 18.7. The number of rotatable bonds is 7. The van der Waals surface area contributed by atoms with E-state index in [0.29, 0.717) is 22.6 Å². The van der Waals surface area contributed by atoms with Gasteiger partial charge in [0.1, 0.15) is 16.2 Å². The molecule has 0 atom stereocenters. The van der Waals surface area contributed by atoms with Crippen LogP contribution in [0.4, 0.5) is 0 Å². The fourth-order valence-electron chi connectivity index (χ4n) is 3.31. The van der Waals surface area contributed by atoms with E-state index < -0.39 is 16.0 Å². The van der Waals surface area contributed by atoms with Gasteiger partial charge in [-0.2, -0.15) is 13.5 Å². The fraction of sp³-hybridized carbons (Fsp3) is 0.125. The number of hydrogen-bond donors (Lipinski definition) is 1. The van der Waals surface area contributed by atoms with Crippen molar-refractivity contribution < 1.29 is 22.1 Å². The standard InChI is InChI=1S/C24H22N4O5S/c1-16-7-10-19(11-8-16)34(30,31)33-20-12-9-18(14-21(20)32-3)15-25-27-24(29)23-17(2)26-22-6-4-5-13-28(22)23/h4-15H,1-3H3,(H,27,29)/b25-15+. The smallest absolute Gasteiger partial charge is 0.339 e. The Morgan fingerprint density at radius 3 is 2.56 bits per heavy atom. The number of pyridine rings is 1. The summed E-state index contributed by atoms with van der Waals surface area (Å²) in [5.74, 6) is -0.183. The Labute approximate surface area is 196 Å². The maximum Gasteiger partial charge on any atom is 0.339 e. The monoisotopic (exact) mass is 478 g/mol. The van der Waals surface area contributed by atoms with Crippen LogP contribution in [0.2, 0.25) is 0 Å². The molecule has 1 N–H and O–H groups in total. The molecule has 1 amide bonds. The molecular formula is C24H22N4O5S. The maximum absolute atomic E-state index is 12.6. The van der Waals surface area contributed by atoms with E-state index in [1.54, 1.807) is 41.8 Å². The van der Waals surface area contributed by atoms with E-state index in [-0.39, 0.29) is 16.4 Å². The summed E-state index contributed by atoms with van der Waals surface area (Å²) in [7, 11) is -2.63. The number of hydrogen-bond acceptors (Lipinski definition) is 7. The molecule has 9 nitrogen and oxygen atoms in total. The van der Waals surface area contributed by atoms with Crippen LogP contribution < -0.4 is 14.3 Å². The van der Waals surface area contributed by atoms with E-state index in [0.717, 1.165) is 5.56 Å². The van der Waals surface area contributed by atoms with Crippen LogP contribution in [0.25, 0.3) is 5.65 Å². The number of benzene rings is 2. The molecule has 34 heavy (non-hydrogen) atoms. The van der Waals surface area contributed by atoms with E-state index in [1.807, 2.05) is 25.1 Å². The zero-order chi connectivity index (χ0) is 24.3. The predicted octanol–water partition coefficient (Wildman–Crippen LogP) is 3.49. The van der Waals surface area contributed by atoms with E-state index >= 15 is 0 Å². The minimum atomic E-state index is -4.03. The summed E-state index contributed by atoms with van der Waals surface area (Å²) in [4.78, 5) is 17.0. The van der Waals surface area contributed by atoms with Gasteiger partial charge in [-0.05, 0) is 61.9 Å². The lowest BCUT2D eigenvalue weighted by Gasteiger charge is -2.11. The second kappa shape index (κ2) is 9.36. The Morgan fingerprint density at radius 2 is 1.82 bits per heavy atom. The van der Waals surface area contributed by atoms with Crippen molar-refractivity contribution in [2.24, 2.45) is 5.10 Å². The van der Waals surface area contributed by atoms with Gasteiger partial charge in [0.2, 0.25) is 0 Å². The van der Waals surface area contributed by atoms with Crippen molar-refractivity contribution >= 4 is 27.9 Å². The maximum atomic E-state index is 12.6. The number of imidazole rings is 1. The second-order valence-corrected chi connectivity index (χ2v) is 8.98. The molecule has 0 spiro atoms. The van der Waals surface area contributed by atoms with E-state index in [2.05, 4.69) is 15.5 Å². The molecular weight excluding hydrogens is 456 g/mol. The minimum absolute atomic E-state index is 0.0330. The topological polar surface area (TPSA) is 111 Å². The van der Waals surface area contributed by atoms with Gasteiger partial charge in [-0.3, -0.25) is 9.20 Å². The Kier molecular flexibility index (Phi) is 6.33. The molecule has 0 aliphatic heterocycles. The lowest BCUT2D eigenvalue weighted by Crippen LogP contribution is -2.20. The molecule has 0 radical (unpaired) electrons. The number of aryl methyl sites for hydroxylation is 2. The third kappa shape index (κ3) is 4.76. The van der Waals surface area contributed by atoms with E-state index in [9.17, 15) is 13.2 Å². The number of hydrazone groups is 1. The molecule has 0 aliphatic carbocycles. The Hall–Kier alpha value is -4.18. The first-order chi connectivity index (χ1) is 16.3. The summed E-state index contributed by atoms with van der Waals surface area (Å²) in [6, 6.07) is 16.4. The van der Waals surface area contributed by atoms with Crippen molar-refractivity contribution in [3.8, 4) is 11.5 Å². The summed E-state index contributed by atoms with van der Waals surface area (Å²) in [5, 5.41) is 4.00. The third-order valence-corrected chi connectivity index (χ3v) is 6.24. The summed E-state index contributed by atoms with van der Waals surface area (Å²) in [6.45, 7) is 3.61. The van der Waals surface area contributed by atoms with Crippen LogP contribution in [0.3, 0.4) is 0 Å². The normalized spacial score (nSPS) is 11.6. The van der Waals surface area contributed by atoms with Crippen molar-refractivity contribution in [1.82, 2.24) is 14.8 Å². The molecule has 2 aromatic carbocycles. The van der Waals surface area contributed by atoms with Gasteiger partial charge < -0.3 is 8.92 Å². The van der Waals surface area contributed by atoms with Gasteiger partial charge in [-0.15, -0.1) is 0 Å². The molecule has 0 aliphatic rings. The fourth-order valence-corrected chi connectivity index (χ4v) is 4.25. The van der Waals surface area contributed by atoms with Crippen molar-refractivity contribution in [3.05, 3.63) is 89.4 Å². The Bertz CT molecular complexity index is 1490. The first kappa shape index (κ1) is 23.0. The van der Waals surface area contributed by atoms with Crippen LogP contribution in [0, 0.1) is 13.8 Å². The lowest BCUT2D eigenvalue weighted by molar-refractivity contribution is 0.0948. The number of ether oxygens (including phenoxy) is 1. The second-order valence-electron chi connectivity index (χ2n) is 7.43. The number of nitrogens with one attached hydrogen (secondary N) is 1. The summed E-state index contributed by atoms with van der Waals surface area (Å²) >= 11 is 0. The number of nitrogens with zero attached hydrogens (tertiary/aromatic N) is 3. The number of carbonyl (C=O) groups is 1. The predicted molar refractivity (Wildman–Crippen MR) is 127 cm³/mol. The number of amides is 1. The first-order valence-electron chi connectivity index (χ1n) is 10.2. The van der Waals surface area contributed by atoms with E-state index in [1.165, 1.54) is 31.5 Å². The van der Waals surface area contributed by atoms with Gasteiger partial charge in [0, 0.05) is 6.20 Å². The van der Waals surface area contributed by atoms with Crippen molar-refractivity contribution in [3.63, 3.8) is 0 Å². The molecule has 2 aromatic heterocycles. The molecule has 0 bridgehead atoms. The average Bonchev–Trinajstić information content (AvgIpc) is 3.15. The van der Waals surface area contributed by atoms with Crippen LogP contribution in [-0.2, 0) is 10.1 Å². The van der Waals surface area contributed by atoms with Crippen molar-refractivity contribution in [2.45, 2.75) is 18.7 Å². The van der Waals surface area contributed by atoms with E-state index in [4.69, 9.17) is 8.92 Å². The van der Waals surface area contributed by atoms with Crippen LogP contribution in [0.1, 0.15) is 27.3 Å². The molecule has 4 rings (SSSR count). The molecule has 0 saturated carbocycles. The number of carbonyl (C=O) groups excluding carboxylic acids is 1. The van der Waals surface area contributed by atoms with Crippen molar-refractivity contribution in [1.29, 1.82) is 0 Å². The number of aromatic nitrogens is 2. The van der Waals surface area contributed by atoms with Gasteiger partial charge >= 0.3 is 10.1 Å². The van der Waals surface area contributed by atoms with Crippen molar-refractivity contribution in [2.75, 3.05) is 7.11 Å². The largest absolute Gasteiger partial charge is 0.493 e. The SMILES string of the molecule is COc1cc(/C=N/NC(=O)c2c(C)nc3ccccn23)ccc1OS(=O)(=O)c1ccc(C)cc1. The van der Waals surface area contributed by atoms with Gasteiger partial charge in [0.15, 0.2) is 11.5 Å². The van der Waals surface area contributed by atoms with Crippen LogP contribution in [-0.4, -0.2) is 37.0 Å². The number of fused-ring (bicyclic) bond motifs is 1. The molecule has 10 heteroatoms. The van der Waals surface area contributed by atoms with Gasteiger partial charge in [0.25, 0.3) is 5.91 Å². The Balaban J connectivity index is 1.49. The first-order valence-corrected chi connectivity index (χ1v) is 11.7. The minimum Gasteiger partial charge on any atom is -0.493 e. The zero-order valence-corrected chi connectivity index (χ0v) is 19.5. The van der Waals surface area contributed by atoms with Gasteiger partial charge in [-0.1, -0.05) is 23.8 Å². The molecule has 0 saturated heterocycles. The molecule has 4 aromatic rings. The van der Waals surface area contributed by atoms with Crippen LogP contribution >= 0.6 is 0 Å². The summed E-state index contributed by atoms with van der Waals surface area (Å²) in [5.41, 5.74) is 5.61. The lowest BCUT2D eigenvalue weighted by atomic mass is 10.2. The Morgan fingerprint density at radius 1 is 1.06 bits per heavy atom. The van der Waals surface area contributed by atoms with Gasteiger partial charge in [0.05, 0.1) is 19.0 Å². The highest BCUT2D eigenvalue weighted by molar-refractivity contribution is 7.87. The highest BCUT2D eigenvalue weighted by Gasteiger charge is 2.19. The summed E-state index contributed by atoms with van der Waals surface area (Å²) < 4.78 is 37.4.